The Hall–Kier alpha value is -0.680. The molecule has 5 heteroatoms. The third-order valence-corrected chi connectivity index (χ3v) is 4.25. The van der Waals surface area contributed by atoms with Crippen molar-refractivity contribution in [2.75, 3.05) is 13.7 Å². The molecular weight excluding hydrogens is 280 g/mol. The predicted octanol–water partition coefficient (Wildman–Crippen LogP) is 2.58. The van der Waals surface area contributed by atoms with Gasteiger partial charge >= 0.3 is 0 Å². The Morgan fingerprint density at radius 2 is 2.32 bits per heavy atom. The van der Waals surface area contributed by atoms with Crippen LogP contribution in [-0.2, 0) is 11.3 Å². The minimum Gasteiger partial charge on any atom is -0.389 e. The number of hydrogen-bond acceptors (Lipinski definition) is 3. The number of halogens is 1. The van der Waals surface area contributed by atoms with Crippen molar-refractivity contribution in [3.63, 3.8) is 0 Å². The Morgan fingerprint density at radius 1 is 1.58 bits per heavy atom. The summed E-state index contributed by atoms with van der Waals surface area (Å²) in [4.78, 5) is 2.67. The lowest BCUT2D eigenvalue weighted by atomic mass is 10.1. The van der Waals surface area contributed by atoms with E-state index in [2.05, 4.69) is 18.9 Å². The maximum absolute atomic E-state index is 6.29. The molecule has 2 atom stereocenters. The first-order valence-electron chi connectivity index (χ1n) is 6.39. The predicted molar refractivity (Wildman–Crippen MR) is 82.6 cm³/mol. The molecule has 0 saturated carbocycles. The van der Waals surface area contributed by atoms with Crippen LogP contribution in [0.3, 0.4) is 0 Å². The molecule has 1 fully saturated rings. The van der Waals surface area contributed by atoms with E-state index in [1.165, 1.54) is 0 Å². The average Bonchev–Trinajstić information content (AvgIpc) is 2.77. The molecule has 1 heterocycles. The van der Waals surface area contributed by atoms with Gasteiger partial charge in [-0.05, 0) is 32.0 Å². The Bertz CT molecular complexity index is 481. The minimum atomic E-state index is 0.277. The largest absolute Gasteiger partial charge is 0.389 e. The van der Waals surface area contributed by atoms with Gasteiger partial charge in [0, 0.05) is 29.8 Å². The highest BCUT2D eigenvalue weighted by Crippen LogP contribution is 2.24. The molecular formula is C14H19ClN2OS. The highest BCUT2D eigenvalue weighted by Gasteiger charge is 2.27. The molecule has 2 unspecified atom stereocenters. The van der Waals surface area contributed by atoms with Gasteiger partial charge in [-0.3, -0.25) is 4.90 Å². The van der Waals surface area contributed by atoms with Crippen molar-refractivity contribution in [3.8, 4) is 0 Å². The van der Waals surface area contributed by atoms with Crippen LogP contribution in [0.1, 0.15) is 24.5 Å². The summed E-state index contributed by atoms with van der Waals surface area (Å²) in [6, 6.07) is 6.20. The fraction of sp³-hybridized carbons (Fsp3) is 0.500. The van der Waals surface area contributed by atoms with Gasteiger partial charge < -0.3 is 10.5 Å². The van der Waals surface area contributed by atoms with Crippen molar-refractivity contribution >= 4 is 28.8 Å². The Labute approximate surface area is 124 Å². The summed E-state index contributed by atoms with van der Waals surface area (Å²) in [5, 5.41) is 0.712. The summed E-state index contributed by atoms with van der Waals surface area (Å²) < 4.78 is 5.60. The molecule has 1 aliphatic heterocycles. The van der Waals surface area contributed by atoms with Crippen molar-refractivity contribution in [2.24, 2.45) is 5.73 Å². The van der Waals surface area contributed by atoms with Gasteiger partial charge in [0.05, 0.1) is 6.10 Å². The normalized spacial score (nSPS) is 22.9. The van der Waals surface area contributed by atoms with E-state index in [0.29, 0.717) is 16.1 Å². The molecule has 1 aromatic carbocycles. The molecule has 0 aliphatic carbocycles. The van der Waals surface area contributed by atoms with E-state index in [9.17, 15) is 0 Å². The third-order valence-electron chi connectivity index (χ3n) is 3.66. The molecule has 104 valence electrons. The van der Waals surface area contributed by atoms with Gasteiger partial charge in [-0.15, -0.1) is 0 Å². The van der Waals surface area contributed by atoms with Gasteiger partial charge in [0.2, 0.25) is 0 Å². The zero-order chi connectivity index (χ0) is 14.0. The lowest BCUT2D eigenvalue weighted by molar-refractivity contribution is 0.0814. The van der Waals surface area contributed by atoms with E-state index >= 15 is 0 Å². The smallest absolute Gasteiger partial charge is 0.104 e. The third kappa shape index (κ3) is 3.45. The fourth-order valence-electron chi connectivity index (χ4n) is 2.51. The molecule has 2 N–H and O–H groups in total. The number of ether oxygens (including phenoxy) is 1. The lowest BCUT2D eigenvalue weighted by Crippen LogP contribution is -2.36. The van der Waals surface area contributed by atoms with Crippen molar-refractivity contribution in [2.45, 2.75) is 32.0 Å². The minimum absolute atomic E-state index is 0.277. The molecule has 19 heavy (non-hydrogen) atoms. The van der Waals surface area contributed by atoms with Crippen LogP contribution in [0.2, 0.25) is 5.02 Å². The molecule has 0 amide bonds. The summed E-state index contributed by atoms with van der Waals surface area (Å²) in [5.41, 5.74) is 7.49. The number of nitrogens with two attached hydrogens (primary N) is 1. The van der Waals surface area contributed by atoms with E-state index in [-0.39, 0.29) is 6.10 Å². The number of nitrogens with zero attached hydrogens (tertiary/aromatic N) is 1. The number of rotatable bonds is 4. The monoisotopic (exact) mass is 298 g/mol. The lowest BCUT2D eigenvalue weighted by Gasteiger charge is -2.27. The summed E-state index contributed by atoms with van der Waals surface area (Å²) in [7, 11) is 2.10. The van der Waals surface area contributed by atoms with Crippen LogP contribution in [0.4, 0.5) is 0 Å². The SMILES string of the molecule is CC1OCCC1N(C)Cc1ccc(C(N)=S)cc1Cl. The maximum Gasteiger partial charge on any atom is 0.104 e. The molecule has 1 aromatic rings. The molecule has 0 radical (unpaired) electrons. The van der Waals surface area contributed by atoms with Crippen LogP contribution in [0.15, 0.2) is 18.2 Å². The number of hydrogen-bond donors (Lipinski definition) is 1. The maximum atomic E-state index is 6.29. The summed E-state index contributed by atoms with van der Waals surface area (Å²) in [5.74, 6) is 0. The van der Waals surface area contributed by atoms with Crippen LogP contribution in [0.25, 0.3) is 0 Å². The van der Waals surface area contributed by atoms with E-state index < -0.39 is 0 Å². The number of likely N-dealkylation sites (N-methyl/N-ethyl adjacent to an activating group) is 1. The molecule has 1 aliphatic rings. The summed E-state index contributed by atoms with van der Waals surface area (Å²) in [6.07, 6.45) is 1.35. The van der Waals surface area contributed by atoms with Gasteiger partial charge in [0.15, 0.2) is 0 Å². The van der Waals surface area contributed by atoms with Gasteiger partial charge in [-0.25, -0.2) is 0 Å². The van der Waals surface area contributed by atoms with Gasteiger partial charge in [0.25, 0.3) is 0 Å². The second kappa shape index (κ2) is 6.18. The van der Waals surface area contributed by atoms with Crippen LogP contribution in [0.5, 0.6) is 0 Å². The average molecular weight is 299 g/mol. The van der Waals surface area contributed by atoms with E-state index in [1.54, 1.807) is 0 Å². The van der Waals surface area contributed by atoms with Crippen LogP contribution in [-0.4, -0.2) is 35.7 Å². The Balaban J connectivity index is 2.08. The Morgan fingerprint density at radius 3 is 2.84 bits per heavy atom. The summed E-state index contributed by atoms with van der Waals surface area (Å²) >= 11 is 11.2. The molecule has 1 saturated heterocycles. The number of thiocarbonyl (C=S) groups is 1. The molecule has 3 nitrogen and oxygen atoms in total. The van der Waals surface area contributed by atoms with E-state index in [1.807, 2.05) is 18.2 Å². The number of benzene rings is 1. The zero-order valence-corrected chi connectivity index (χ0v) is 12.8. The van der Waals surface area contributed by atoms with Crippen molar-refractivity contribution < 1.29 is 4.74 Å². The van der Waals surface area contributed by atoms with Gasteiger partial charge in [-0.1, -0.05) is 36.0 Å². The van der Waals surface area contributed by atoms with Crippen molar-refractivity contribution in [1.82, 2.24) is 4.90 Å². The van der Waals surface area contributed by atoms with Gasteiger partial charge in [0.1, 0.15) is 4.99 Å². The first kappa shape index (κ1) is 14.7. The van der Waals surface area contributed by atoms with E-state index in [0.717, 1.165) is 30.7 Å². The Kier molecular flexibility index (Phi) is 4.79. The highest BCUT2D eigenvalue weighted by atomic mass is 35.5. The van der Waals surface area contributed by atoms with Crippen LogP contribution in [0, 0.1) is 0 Å². The zero-order valence-electron chi connectivity index (χ0n) is 11.2. The topological polar surface area (TPSA) is 38.5 Å². The summed E-state index contributed by atoms with van der Waals surface area (Å²) in [6.45, 7) is 3.75. The first-order chi connectivity index (χ1) is 8.99. The second-order valence-electron chi connectivity index (χ2n) is 5.02. The van der Waals surface area contributed by atoms with Gasteiger partial charge in [-0.2, -0.15) is 0 Å². The highest BCUT2D eigenvalue weighted by molar-refractivity contribution is 7.80. The molecule has 0 spiro atoms. The quantitative estimate of drug-likeness (QED) is 0.867. The second-order valence-corrected chi connectivity index (χ2v) is 5.86. The molecule has 0 bridgehead atoms. The van der Waals surface area contributed by atoms with E-state index in [4.69, 9.17) is 34.3 Å². The van der Waals surface area contributed by atoms with Crippen LogP contribution >= 0.6 is 23.8 Å². The van der Waals surface area contributed by atoms with Crippen LogP contribution < -0.4 is 5.73 Å². The standard InChI is InChI=1S/C14H19ClN2OS/c1-9-13(5-6-18-9)17(2)8-11-4-3-10(14(16)19)7-12(11)15/h3-4,7,9,13H,5-6,8H2,1-2H3,(H2,16,19). The molecule has 2 rings (SSSR count). The first-order valence-corrected chi connectivity index (χ1v) is 7.17. The fourth-order valence-corrected chi connectivity index (χ4v) is 2.88. The van der Waals surface area contributed by atoms with Crippen molar-refractivity contribution in [3.05, 3.63) is 34.3 Å². The van der Waals surface area contributed by atoms with Crippen molar-refractivity contribution in [1.29, 1.82) is 0 Å². The molecule has 0 aromatic heterocycles.